The number of nitro benzene ring substituents is 1. The second-order valence-electron chi connectivity index (χ2n) is 8.09. The molecule has 1 N–H and O–H groups in total. The Bertz CT molecular complexity index is 1290. The summed E-state index contributed by atoms with van der Waals surface area (Å²) >= 11 is 0. The van der Waals surface area contributed by atoms with E-state index in [0.717, 1.165) is 30.0 Å². The highest BCUT2D eigenvalue weighted by atomic mass is 35.5. The summed E-state index contributed by atoms with van der Waals surface area (Å²) < 4.78 is 33.0. The third-order valence-corrected chi connectivity index (χ3v) is 6.14. The van der Waals surface area contributed by atoms with Gasteiger partial charge in [0.25, 0.3) is 5.56 Å². The zero-order valence-corrected chi connectivity index (χ0v) is 21.3. The second-order valence-corrected chi connectivity index (χ2v) is 9.83. The van der Waals surface area contributed by atoms with E-state index in [1.54, 1.807) is 7.05 Å². The van der Waals surface area contributed by atoms with Crippen LogP contribution in [0.2, 0.25) is 0 Å². The van der Waals surface area contributed by atoms with E-state index in [1.807, 2.05) is 4.90 Å². The fourth-order valence-electron chi connectivity index (χ4n) is 3.76. The van der Waals surface area contributed by atoms with Gasteiger partial charge in [-0.3, -0.25) is 33.7 Å². The molecule has 0 amide bonds. The molecule has 0 bridgehead atoms. The number of hydrogen-bond donors (Lipinski definition) is 1. The van der Waals surface area contributed by atoms with Gasteiger partial charge in [0.05, 0.1) is 23.5 Å². The molecule has 1 saturated heterocycles. The molecular weight excluding hydrogens is 504 g/mol. The predicted molar refractivity (Wildman–Crippen MR) is 134 cm³/mol. The van der Waals surface area contributed by atoms with Gasteiger partial charge >= 0.3 is 11.4 Å². The van der Waals surface area contributed by atoms with Crippen molar-refractivity contribution >= 4 is 39.6 Å². The molecule has 0 aliphatic carbocycles. The maximum absolute atomic E-state index is 12.2. The molecule has 0 atom stereocenters. The third-order valence-electron chi connectivity index (χ3n) is 5.53. The minimum absolute atomic E-state index is 0. The van der Waals surface area contributed by atoms with E-state index in [4.69, 9.17) is 4.74 Å². The van der Waals surface area contributed by atoms with Crippen molar-refractivity contribution in [3.8, 4) is 5.75 Å². The molecule has 13 nitrogen and oxygen atoms in total. The Morgan fingerprint density at radius 1 is 1.09 bits per heavy atom. The molecule has 0 spiro atoms. The minimum atomic E-state index is -3.55. The van der Waals surface area contributed by atoms with Crippen LogP contribution in [0, 0.1) is 10.1 Å². The summed E-state index contributed by atoms with van der Waals surface area (Å²) in [4.78, 5) is 39.1. The third kappa shape index (κ3) is 7.19. The predicted octanol–water partition coefficient (Wildman–Crippen LogP) is 0.377. The SMILES string of the molecule is Cl.Cn1c(N2CCN(CCCOc3ccc(NS(C)(=O)=O)cc3[N+](=O)[O-])CC2)cc(=O)n(C)c1=O. The lowest BCUT2D eigenvalue weighted by atomic mass is 10.2. The molecule has 1 aliphatic heterocycles. The van der Waals surface area contributed by atoms with Crippen molar-refractivity contribution in [3.05, 3.63) is 55.2 Å². The fraction of sp³-hybridized carbons (Fsp3) is 0.500. The summed E-state index contributed by atoms with van der Waals surface area (Å²) in [6, 6.07) is 5.37. The first-order valence-electron chi connectivity index (χ1n) is 10.6. The van der Waals surface area contributed by atoms with Crippen LogP contribution in [-0.2, 0) is 24.1 Å². The van der Waals surface area contributed by atoms with Gasteiger partial charge in [0.1, 0.15) is 5.82 Å². The number of nitrogens with zero attached hydrogens (tertiary/aromatic N) is 5. The van der Waals surface area contributed by atoms with Gasteiger partial charge in [0.2, 0.25) is 10.0 Å². The number of aromatic nitrogens is 2. The molecule has 0 radical (unpaired) electrons. The lowest BCUT2D eigenvalue weighted by Crippen LogP contribution is -2.49. The Balaban J connectivity index is 0.00000432. The molecule has 0 saturated carbocycles. The van der Waals surface area contributed by atoms with Crippen molar-refractivity contribution in [1.82, 2.24) is 14.0 Å². The summed E-state index contributed by atoms with van der Waals surface area (Å²) in [6.45, 7) is 3.74. The van der Waals surface area contributed by atoms with Gasteiger partial charge < -0.3 is 9.64 Å². The molecule has 194 valence electrons. The summed E-state index contributed by atoms with van der Waals surface area (Å²) in [5.41, 5.74) is -0.932. The molecule has 15 heteroatoms. The standard InChI is InChI=1S/C20H28N6O7S.ClH/c1-22-18(14-19(27)23(2)20(22)28)25-10-8-24(9-11-25)7-4-12-33-17-6-5-15(21-34(3,31)32)13-16(17)26(29)30;/h5-6,13-14,21H,4,7-12H2,1-3H3;1H. The van der Waals surface area contributed by atoms with E-state index in [9.17, 15) is 28.1 Å². The number of sulfonamides is 1. The molecule has 3 rings (SSSR count). The molecule has 1 fully saturated rings. The van der Waals surface area contributed by atoms with Gasteiger partial charge in [0, 0.05) is 59.0 Å². The van der Waals surface area contributed by atoms with Crippen molar-refractivity contribution in [1.29, 1.82) is 0 Å². The highest BCUT2D eigenvalue weighted by molar-refractivity contribution is 7.92. The number of anilines is 2. The van der Waals surface area contributed by atoms with Crippen LogP contribution in [-0.4, -0.2) is 73.0 Å². The summed E-state index contributed by atoms with van der Waals surface area (Å²) in [5, 5.41) is 11.3. The zero-order chi connectivity index (χ0) is 25.0. The van der Waals surface area contributed by atoms with Gasteiger partial charge in [-0.05, 0) is 18.6 Å². The lowest BCUT2D eigenvalue weighted by Gasteiger charge is -2.36. The van der Waals surface area contributed by atoms with Crippen molar-refractivity contribution in [3.63, 3.8) is 0 Å². The number of ether oxygens (including phenoxy) is 1. The van der Waals surface area contributed by atoms with Crippen LogP contribution in [0.3, 0.4) is 0 Å². The monoisotopic (exact) mass is 532 g/mol. The number of hydrogen-bond acceptors (Lipinski definition) is 9. The molecule has 1 aromatic carbocycles. The van der Waals surface area contributed by atoms with Gasteiger partial charge in [-0.1, -0.05) is 0 Å². The Hall–Kier alpha value is -3.10. The Morgan fingerprint density at radius 2 is 1.74 bits per heavy atom. The van der Waals surface area contributed by atoms with E-state index in [1.165, 1.54) is 29.8 Å². The van der Waals surface area contributed by atoms with E-state index in [0.29, 0.717) is 31.9 Å². The number of nitro groups is 1. The zero-order valence-electron chi connectivity index (χ0n) is 19.7. The van der Waals surface area contributed by atoms with Crippen LogP contribution in [0.1, 0.15) is 6.42 Å². The molecule has 1 aromatic heterocycles. The fourth-order valence-corrected chi connectivity index (χ4v) is 4.31. The van der Waals surface area contributed by atoms with Gasteiger partial charge in [0.15, 0.2) is 5.75 Å². The smallest absolute Gasteiger partial charge is 0.332 e. The average Bonchev–Trinajstić information content (AvgIpc) is 2.77. The van der Waals surface area contributed by atoms with Gasteiger partial charge in [-0.2, -0.15) is 0 Å². The van der Waals surface area contributed by atoms with Crippen LogP contribution in [0.25, 0.3) is 0 Å². The summed E-state index contributed by atoms with van der Waals surface area (Å²) in [6.07, 6.45) is 1.59. The first kappa shape index (κ1) is 28.1. The quantitative estimate of drug-likeness (QED) is 0.274. The number of benzene rings is 1. The van der Waals surface area contributed by atoms with Crippen LogP contribution >= 0.6 is 12.4 Å². The van der Waals surface area contributed by atoms with Crippen LogP contribution < -0.4 is 25.6 Å². The maximum atomic E-state index is 12.2. The van der Waals surface area contributed by atoms with Crippen LogP contribution in [0.15, 0.2) is 33.9 Å². The number of rotatable bonds is 9. The number of halogens is 1. The van der Waals surface area contributed by atoms with Crippen LogP contribution in [0.5, 0.6) is 5.75 Å². The first-order valence-corrected chi connectivity index (χ1v) is 12.5. The van der Waals surface area contributed by atoms with Crippen molar-refractivity contribution in [2.45, 2.75) is 6.42 Å². The van der Waals surface area contributed by atoms with Gasteiger partial charge in [-0.15, -0.1) is 12.4 Å². The van der Waals surface area contributed by atoms with Crippen molar-refractivity contribution in [2.75, 3.05) is 55.2 Å². The average molecular weight is 533 g/mol. The van der Waals surface area contributed by atoms with Gasteiger partial charge in [-0.25, -0.2) is 13.2 Å². The molecule has 2 heterocycles. The maximum Gasteiger partial charge on any atom is 0.332 e. The van der Waals surface area contributed by atoms with E-state index in [2.05, 4.69) is 9.62 Å². The Labute approximate surface area is 208 Å². The normalized spacial score (nSPS) is 14.3. The minimum Gasteiger partial charge on any atom is -0.487 e. The Morgan fingerprint density at radius 3 is 2.34 bits per heavy atom. The molecule has 35 heavy (non-hydrogen) atoms. The van der Waals surface area contributed by atoms with Crippen molar-refractivity contribution < 1.29 is 18.1 Å². The second kappa shape index (κ2) is 11.6. The van der Waals surface area contributed by atoms with E-state index in [-0.39, 0.29) is 47.4 Å². The van der Waals surface area contributed by atoms with Crippen molar-refractivity contribution in [2.24, 2.45) is 14.1 Å². The summed E-state index contributed by atoms with van der Waals surface area (Å²) in [7, 11) is -0.461. The molecular formula is C20H29ClN6O7S. The topological polar surface area (TPSA) is 149 Å². The highest BCUT2D eigenvalue weighted by Gasteiger charge is 2.21. The largest absolute Gasteiger partial charge is 0.487 e. The first-order chi connectivity index (χ1) is 16.0. The highest BCUT2D eigenvalue weighted by Crippen LogP contribution is 2.30. The molecule has 2 aromatic rings. The van der Waals surface area contributed by atoms with E-state index >= 15 is 0 Å². The molecule has 0 unspecified atom stereocenters. The number of piperazine rings is 1. The summed E-state index contributed by atoms with van der Waals surface area (Å²) in [5.74, 6) is 0.664. The lowest BCUT2D eigenvalue weighted by molar-refractivity contribution is -0.385. The van der Waals surface area contributed by atoms with Crippen LogP contribution in [0.4, 0.5) is 17.2 Å². The molecule has 1 aliphatic rings. The Kier molecular flexibility index (Phi) is 9.29. The van der Waals surface area contributed by atoms with E-state index < -0.39 is 14.9 Å². The number of nitrogens with one attached hydrogen (secondary N) is 1.